The Morgan fingerprint density at radius 2 is 2.18 bits per heavy atom. The molecule has 142 valence electrons. The molecule has 0 spiro atoms. The van der Waals surface area contributed by atoms with Gasteiger partial charge in [0, 0.05) is 35.6 Å². The second kappa shape index (κ2) is 6.91. The fourth-order valence-corrected chi connectivity index (χ4v) is 4.46. The van der Waals surface area contributed by atoms with Gasteiger partial charge < -0.3 is 9.32 Å². The number of aromatic nitrogens is 3. The highest BCUT2D eigenvalue weighted by Crippen LogP contribution is 2.28. The molecule has 0 radical (unpaired) electrons. The van der Waals surface area contributed by atoms with Crippen LogP contribution in [0.2, 0.25) is 0 Å². The van der Waals surface area contributed by atoms with Crippen LogP contribution in [0.15, 0.2) is 52.4 Å². The van der Waals surface area contributed by atoms with Crippen LogP contribution < -0.4 is 0 Å². The van der Waals surface area contributed by atoms with Crippen molar-refractivity contribution < 1.29 is 9.21 Å². The van der Waals surface area contributed by atoms with Crippen LogP contribution in [0.3, 0.4) is 0 Å². The van der Waals surface area contributed by atoms with Crippen LogP contribution in [-0.4, -0.2) is 38.5 Å². The fraction of sp³-hybridized carbons (Fsp3) is 0.286. The number of carbonyl (C=O) groups excluding carboxylic acids is 1. The number of thiophene rings is 1. The molecule has 1 unspecified atom stereocenters. The number of rotatable bonds is 3. The SMILES string of the molecule is Cc1ccc(C(=O)N2CCCC(c3nc4ccc(-c5cccs5)cn4n3)C2)o1. The maximum Gasteiger partial charge on any atom is 0.289 e. The summed E-state index contributed by atoms with van der Waals surface area (Å²) in [7, 11) is 0. The maximum absolute atomic E-state index is 12.7. The van der Waals surface area contributed by atoms with Crippen molar-refractivity contribution in [2.75, 3.05) is 13.1 Å². The molecule has 0 aliphatic carbocycles. The van der Waals surface area contributed by atoms with Gasteiger partial charge in [-0.25, -0.2) is 9.50 Å². The quantitative estimate of drug-likeness (QED) is 0.519. The highest BCUT2D eigenvalue weighted by atomic mass is 32.1. The van der Waals surface area contributed by atoms with Gasteiger partial charge in [0.15, 0.2) is 17.2 Å². The average Bonchev–Trinajstić information content (AvgIpc) is 3.47. The largest absolute Gasteiger partial charge is 0.456 e. The normalized spacial score (nSPS) is 17.3. The Morgan fingerprint density at radius 3 is 2.96 bits per heavy atom. The Morgan fingerprint density at radius 1 is 1.25 bits per heavy atom. The maximum atomic E-state index is 12.7. The van der Waals surface area contributed by atoms with Crippen molar-refractivity contribution in [2.45, 2.75) is 25.7 Å². The van der Waals surface area contributed by atoms with Gasteiger partial charge in [0.25, 0.3) is 5.91 Å². The van der Waals surface area contributed by atoms with Crippen molar-refractivity contribution in [1.82, 2.24) is 19.5 Å². The monoisotopic (exact) mass is 392 g/mol. The number of piperidine rings is 1. The van der Waals surface area contributed by atoms with Crippen molar-refractivity contribution in [2.24, 2.45) is 0 Å². The number of hydrogen-bond acceptors (Lipinski definition) is 5. The Bertz CT molecular complexity index is 1130. The number of nitrogens with zero attached hydrogens (tertiary/aromatic N) is 4. The summed E-state index contributed by atoms with van der Waals surface area (Å²) in [5.41, 5.74) is 1.97. The second-order valence-electron chi connectivity index (χ2n) is 7.17. The van der Waals surface area contributed by atoms with Gasteiger partial charge in [0.2, 0.25) is 0 Å². The lowest BCUT2D eigenvalue weighted by molar-refractivity contribution is 0.0671. The summed E-state index contributed by atoms with van der Waals surface area (Å²) in [6.07, 6.45) is 3.94. The molecule has 5 heterocycles. The van der Waals surface area contributed by atoms with Crippen LogP contribution >= 0.6 is 11.3 Å². The van der Waals surface area contributed by atoms with Gasteiger partial charge >= 0.3 is 0 Å². The van der Waals surface area contributed by atoms with Gasteiger partial charge in [-0.05, 0) is 55.5 Å². The van der Waals surface area contributed by atoms with E-state index in [1.54, 1.807) is 17.4 Å². The molecule has 6 nitrogen and oxygen atoms in total. The molecule has 1 saturated heterocycles. The third-order valence-electron chi connectivity index (χ3n) is 5.18. The van der Waals surface area contributed by atoms with Gasteiger partial charge in [0.05, 0.1) is 0 Å². The summed E-state index contributed by atoms with van der Waals surface area (Å²) in [6, 6.07) is 11.8. The molecule has 0 N–H and O–H groups in total. The zero-order valence-corrected chi connectivity index (χ0v) is 16.4. The second-order valence-corrected chi connectivity index (χ2v) is 8.12. The molecule has 1 amide bonds. The molecule has 28 heavy (non-hydrogen) atoms. The highest BCUT2D eigenvalue weighted by molar-refractivity contribution is 7.13. The van der Waals surface area contributed by atoms with Crippen molar-refractivity contribution in [3.8, 4) is 10.4 Å². The first-order valence-corrected chi connectivity index (χ1v) is 10.3. The van der Waals surface area contributed by atoms with E-state index in [-0.39, 0.29) is 11.8 Å². The molecule has 1 atom stereocenters. The van der Waals surface area contributed by atoms with Crippen LogP contribution in [-0.2, 0) is 0 Å². The Kier molecular flexibility index (Phi) is 4.24. The molecule has 5 rings (SSSR count). The first-order chi connectivity index (χ1) is 13.7. The molecule has 1 aliphatic heterocycles. The van der Waals surface area contributed by atoms with Crippen LogP contribution in [0.25, 0.3) is 16.1 Å². The predicted molar refractivity (Wildman–Crippen MR) is 108 cm³/mol. The minimum atomic E-state index is -0.0541. The van der Waals surface area contributed by atoms with Crippen LogP contribution in [0.4, 0.5) is 0 Å². The third kappa shape index (κ3) is 3.11. The van der Waals surface area contributed by atoms with Gasteiger partial charge in [-0.1, -0.05) is 6.07 Å². The fourth-order valence-electron chi connectivity index (χ4n) is 3.74. The molecule has 0 saturated carbocycles. The molecule has 1 fully saturated rings. The van der Waals surface area contributed by atoms with E-state index in [2.05, 4.69) is 17.5 Å². The van der Waals surface area contributed by atoms with Crippen LogP contribution in [0.1, 0.15) is 40.9 Å². The first kappa shape index (κ1) is 17.2. The molecule has 4 aromatic heterocycles. The summed E-state index contributed by atoms with van der Waals surface area (Å²) in [4.78, 5) is 20.5. The summed E-state index contributed by atoms with van der Waals surface area (Å²) in [5.74, 6) is 2.04. The third-order valence-corrected chi connectivity index (χ3v) is 6.10. The number of amides is 1. The standard InChI is InChI=1S/C21H20N4O2S/c1-14-6-8-17(27-14)21(26)24-10-2-4-16(12-24)20-22-19-9-7-15(13-25(19)23-20)18-5-3-11-28-18/h3,5-9,11,13,16H,2,4,10,12H2,1H3. The molecular weight excluding hydrogens is 372 g/mol. The zero-order valence-electron chi connectivity index (χ0n) is 15.5. The molecule has 0 aromatic carbocycles. The van der Waals surface area contributed by atoms with Crippen molar-refractivity contribution in [1.29, 1.82) is 0 Å². The van der Waals surface area contributed by atoms with E-state index < -0.39 is 0 Å². The summed E-state index contributed by atoms with van der Waals surface area (Å²) < 4.78 is 7.36. The molecular formula is C21H20N4O2S. The number of likely N-dealkylation sites (tertiary alicyclic amines) is 1. The van der Waals surface area contributed by atoms with E-state index in [1.165, 1.54) is 4.88 Å². The van der Waals surface area contributed by atoms with Crippen LogP contribution in [0.5, 0.6) is 0 Å². The number of fused-ring (bicyclic) bond motifs is 1. The average molecular weight is 392 g/mol. The summed E-state index contributed by atoms with van der Waals surface area (Å²) in [6.45, 7) is 3.21. The number of hydrogen-bond donors (Lipinski definition) is 0. The van der Waals surface area contributed by atoms with Crippen molar-refractivity contribution in [3.05, 3.63) is 65.3 Å². The summed E-state index contributed by atoms with van der Waals surface area (Å²) in [5, 5.41) is 6.80. The Labute approximate surface area is 166 Å². The van der Waals surface area contributed by atoms with Gasteiger partial charge in [-0.3, -0.25) is 4.79 Å². The lowest BCUT2D eigenvalue weighted by Gasteiger charge is -2.30. The Hall–Kier alpha value is -2.93. The minimum Gasteiger partial charge on any atom is -0.456 e. The van der Waals surface area contributed by atoms with Crippen molar-refractivity contribution in [3.63, 3.8) is 0 Å². The first-order valence-electron chi connectivity index (χ1n) is 9.43. The highest BCUT2D eigenvalue weighted by Gasteiger charge is 2.29. The lowest BCUT2D eigenvalue weighted by atomic mass is 9.97. The number of carbonyl (C=O) groups is 1. The number of aryl methyl sites for hydroxylation is 1. The van der Waals surface area contributed by atoms with E-state index in [0.29, 0.717) is 12.3 Å². The molecule has 4 aromatic rings. The van der Waals surface area contributed by atoms with E-state index >= 15 is 0 Å². The van der Waals surface area contributed by atoms with Gasteiger partial charge in [-0.2, -0.15) is 5.10 Å². The van der Waals surface area contributed by atoms with E-state index in [0.717, 1.165) is 42.2 Å². The number of pyridine rings is 1. The zero-order chi connectivity index (χ0) is 19.1. The van der Waals surface area contributed by atoms with E-state index in [1.807, 2.05) is 40.7 Å². The van der Waals surface area contributed by atoms with E-state index in [9.17, 15) is 4.79 Å². The van der Waals surface area contributed by atoms with Gasteiger partial charge in [0.1, 0.15) is 5.76 Å². The van der Waals surface area contributed by atoms with Crippen molar-refractivity contribution >= 4 is 22.9 Å². The minimum absolute atomic E-state index is 0.0541. The predicted octanol–water partition coefficient (Wildman–Crippen LogP) is 4.38. The summed E-state index contributed by atoms with van der Waals surface area (Å²) >= 11 is 1.71. The number of furan rings is 1. The van der Waals surface area contributed by atoms with Gasteiger partial charge in [-0.15, -0.1) is 11.3 Å². The molecule has 7 heteroatoms. The smallest absolute Gasteiger partial charge is 0.289 e. The van der Waals surface area contributed by atoms with Crippen LogP contribution in [0, 0.1) is 6.92 Å². The topological polar surface area (TPSA) is 63.6 Å². The molecule has 0 bridgehead atoms. The van der Waals surface area contributed by atoms with E-state index in [4.69, 9.17) is 14.5 Å². The molecule has 1 aliphatic rings. The Balaban J connectivity index is 1.39. The lowest BCUT2D eigenvalue weighted by Crippen LogP contribution is -2.39.